The zero-order chi connectivity index (χ0) is 27.8. The molecule has 3 atom stereocenters. The van der Waals surface area contributed by atoms with Crippen LogP contribution in [0.1, 0.15) is 30.4 Å². The maximum Gasteiger partial charge on any atom is 0.245 e. The number of ether oxygens (including phenoxy) is 1. The molecule has 0 bridgehead atoms. The minimum atomic E-state index is -1.17. The zero-order valence-corrected chi connectivity index (χ0v) is 22.2. The van der Waals surface area contributed by atoms with Crippen LogP contribution in [-0.2, 0) is 27.2 Å². The number of carbonyl (C=O) groups excluding carboxylic acids is 3. The molecule has 0 unspecified atom stereocenters. The summed E-state index contributed by atoms with van der Waals surface area (Å²) in [6, 6.07) is 10.8. The van der Waals surface area contributed by atoms with Crippen molar-refractivity contribution >= 4 is 17.7 Å². The molecule has 2 aliphatic rings. The smallest absolute Gasteiger partial charge is 0.245 e. The summed E-state index contributed by atoms with van der Waals surface area (Å²) in [5.74, 6) is -0.824. The molecule has 1 heterocycles. The molecule has 10 heteroatoms. The first-order chi connectivity index (χ1) is 18.9. The highest BCUT2D eigenvalue weighted by Gasteiger charge is 2.40. The number of nitrogens with one attached hydrogen (secondary N) is 3. The number of fused-ring (bicyclic) bond motifs is 1. The van der Waals surface area contributed by atoms with Crippen LogP contribution in [-0.4, -0.2) is 79.2 Å². The van der Waals surface area contributed by atoms with Crippen molar-refractivity contribution in [3.63, 3.8) is 0 Å². The lowest BCUT2D eigenvalue weighted by molar-refractivity contribution is -0.143. The molecule has 1 aliphatic heterocycles. The molecule has 2 aromatic carbocycles. The van der Waals surface area contributed by atoms with Crippen LogP contribution in [0.4, 0.5) is 4.39 Å². The van der Waals surface area contributed by atoms with Crippen LogP contribution in [0.15, 0.2) is 48.5 Å². The van der Waals surface area contributed by atoms with E-state index in [-0.39, 0.29) is 18.2 Å². The van der Waals surface area contributed by atoms with E-state index in [2.05, 4.69) is 16.0 Å². The number of aliphatic hydroxyl groups excluding tert-OH is 1. The van der Waals surface area contributed by atoms with Gasteiger partial charge >= 0.3 is 0 Å². The van der Waals surface area contributed by atoms with E-state index in [1.807, 2.05) is 24.3 Å². The van der Waals surface area contributed by atoms with Crippen LogP contribution in [0, 0.1) is 11.7 Å². The second-order valence-corrected chi connectivity index (χ2v) is 10.2. The fraction of sp³-hybridized carbons (Fsp3) is 0.483. The Labute approximate surface area is 228 Å². The second-order valence-electron chi connectivity index (χ2n) is 10.2. The third-order valence-corrected chi connectivity index (χ3v) is 7.25. The van der Waals surface area contributed by atoms with E-state index < -0.39 is 42.4 Å². The topological polar surface area (TPSA) is 120 Å². The third kappa shape index (κ3) is 7.77. The third-order valence-electron chi connectivity index (χ3n) is 7.25. The van der Waals surface area contributed by atoms with Crippen molar-refractivity contribution in [3.05, 3.63) is 65.5 Å². The summed E-state index contributed by atoms with van der Waals surface area (Å²) in [4.78, 5) is 41.1. The van der Waals surface area contributed by atoms with Crippen molar-refractivity contribution in [2.45, 2.75) is 50.2 Å². The first-order valence-corrected chi connectivity index (χ1v) is 13.5. The van der Waals surface area contributed by atoms with E-state index in [0.29, 0.717) is 38.1 Å². The van der Waals surface area contributed by atoms with Gasteiger partial charge < -0.3 is 30.7 Å². The van der Waals surface area contributed by atoms with Crippen LogP contribution in [0.3, 0.4) is 0 Å². The van der Waals surface area contributed by atoms with Gasteiger partial charge in [-0.15, -0.1) is 0 Å². The minimum Gasteiger partial charge on any atom is -0.492 e. The standard InChI is InChI=1S/C29H37FN4O5/c1-34-24(18-35)28(37)33-23(17-19-8-12-22(30)13-9-19)27(36)32-14-4-6-20-5-2-3-7-25(20)39-16-15-31-26(29(34)38)21-10-11-21/h2-3,5,7-9,12-13,21,23-24,26,31,35H,4,6,10-11,14-18H2,1H3,(H,32,36)(H,33,37)/t23-,24+,26+/m1/s1. The normalized spacial score (nSPS) is 24.0. The van der Waals surface area contributed by atoms with Gasteiger partial charge in [0, 0.05) is 26.6 Å². The minimum absolute atomic E-state index is 0.122. The second kappa shape index (κ2) is 13.5. The van der Waals surface area contributed by atoms with Gasteiger partial charge in [0.15, 0.2) is 0 Å². The molecule has 0 saturated heterocycles. The number of amides is 3. The molecule has 1 fully saturated rings. The summed E-state index contributed by atoms with van der Waals surface area (Å²) in [5, 5.41) is 19.0. The maximum absolute atomic E-state index is 13.4. The van der Waals surface area contributed by atoms with E-state index in [1.165, 1.54) is 24.1 Å². The van der Waals surface area contributed by atoms with Gasteiger partial charge in [0.1, 0.15) is 30.3 Å². The van der Waals surface area contributed by atoms with Crippen molar-refractivity contribution in [2.24, 2.45) is 5.92 Å². The number of aliphatic hydroxyl groups is 1. The van der Waals surface area contributed by atoms with E-state index >= 15 is 0 Å². The number of aryl methyl sites for hydroxylation is 1. The number of para-hydroxylation sites is 1. The average Bonchev–Trinajstić information content (AvgIpc) is 3.77. The molecule has 9 nitrogen and oxygen atoms in total. The molecule has 4 N–H and O–H groups in total. The van der Waals surface area contributed by atoms with Gasteiger partial charge in [-0.25, -0.2) is 4.39 Å². The predicted octanol–water partition coefficient (Wildman–Crippen LogP) is 1.18. The number of benzene rings is 2. The molecule has 0 radical (unpaired) electrons. The fourth-order valence-electron chi connectivity index (χ4n) is 4.81. The monoisotopic (exact) mass is 540 g/mol. The molecule has 0 aromatic heterocycles. The Morgan fingerprint density at radius 3 is 2.49 bits per heavy atom. The summed E-state index contributed by atoms with van der Waals surface area (Å²) < 4.78 is 19.5. The zero-order valence-electron chi connectivity index (χ0n) is 22.2. The number of rotatable bonds is 4. The molecular weight excluding hydrogens is 503 g/mol. The number of hydrogen-bond acceptors (Lipinski definition) is 6. The number of hydrogen-bond donors (Lipinski definition) is 4. The van der Waals surface area contributed by atoms with E-state index in [4.69, 9.17) is 4.74 Å². The highest BCUT2D eigenvalue weighted by Crippen LogP contribution is 2.33. The predicted molar refractivity (Wildman–Crippen MR) is 143 cm³/mol. The van der Waals surface area contributed by atoms with Gasteiger partial charge in [-0.3, -0.25) is 14.4 Å². The summed E-state index contributed by atoms with van der Waals surface area (Å²) in [7, 11) is 1.49. The van der Waals surface area contributed by atoms with Crippen molar-refractivity contribution in [1.29, 1.82) is 0 Å². The van der Waals surface area contributed by atoms with Crippen LogP contribution in [0.25, 0.3) is 0 Å². The highest BCUT2D eigenvalue weighted by molar-refractivity contribution is 5.93. The lowest BCUT2D eigenvalue weighted by Gasteiger charge is -2.31. The van der Waals surface area contributed by atoms with Gasteiger partial charge in [-0.05, 0) is 60.9 Å². The first kappa shape index (κ1) is 28.5. The lowest BCUT2D eigenvalue weighted by Crippen LogP contribution is -2.58. The van der Waals surface area contributed by atoms with Crippen LogP contribution >= 0.6 is 0 Å². The number of likely N-dealkylation sites (N-methyl/N-ethyl adjacent to an activating group) is 1. The van der Waals surface area contributed by atoms with Crippen LogP contribution in [0.2, 0.25) is 0 Å². The molecule has 1 aliphatic carbocycles. The Morgan fingerprint density at radius 1 is 1.03 bits per heavy atom. The number of halogens is 1. The SMILES string of the molecule is CN1C(=O)[C@H](C2CC2)NCCOc2ccccc2CCCNC(=O)[C@@H](Cc2ccc(F)cc2)NC(=O)[C@@H]1CO. The largest absolute Gasteiger partial charge is 0.492 e. The summed E-state index contributed by atoms with van der Waals surface area (Å²) in [5.41, 5.74) is 1.68. The fourth-order valence-corrected chi connectivity index (χ4v) is 4.81. The molecular formula is C29H37FN4O5. The van der Waals surface area contributed by atoms with Gasteiger partial charge in [0.25, 0.3) is 0 Å². The first-order valence-electron chi connectivity index (χ1n) is 13.5. The summed E-state index contributed by atoms with van der Waals surface area (Å²) in [6.45, 7) is 0.579. The Bertz CT molecular complexity index is 1140. The van der Waals surface area contributed by atoms with Crippen molar-refractivity contribution in [2.75, 3.05) is 33.4 Å². The molecule has 3 amide bonds. The van der Waals surface area contributed by atoms with E-state index in [0.717, 1.165) is 24.2 Å². The maximum atomic E-state index is 13.4. The molecule has 39 heavy (non-hydrogen) atoms. The van der Waals surface area contributed by atoms with Crippen molar-refractivity contribution < 1.29 is 28.6 Å². The Morgan fingerprint density at radius 2 is 1.77 bits per heavy atom. The quantitative estimate of drug-likeness (QED) is 0.463. The highest BCUT2D eigenvalue weighted by atomic mass is 19.1. The summed E-state index contributed by atoms with van der Waals surface area (Å²) >= 11 is 0. The molecule has 1 saturated carbocycles. The van der Waals surface area contributed by atoms with E-state index in [9.17, 15) is 23.9 Å². The van der Waals surface area contributed by atoms with Gasteiger partial charge in [0.05, 0.1) is 12.6 Å². The molecule has 4 rings (SSSR count). The Hall–Kier alpha value is -3.50. The van der Waals surface area contributed by atoms with Gasteiger partial charge in [-0.2, -0.15) is 0 Å². The van der Waals surface area contributed by atoms with Crippen molar-refractivity contribution in [1.82, 2.24) is 20.9 Å². The summed E-state index contributed by atoms with van der Waals surface area (Å²) in [6.07, 6.45) is 3.26. The molecule has 0 spiro atoms. The van der Waals surface area contributed by atoms with Gasteiger partial charge in [-0.1, -0.05) is 30.3 Å². The van der Waals surface area contributed by atoms with Crippen molar-refractivity contribution in [3.8, 4) is 5.75 Å². The molecule has 2 aromatic rings. The van der Waals surface area contributed by atoms with Crippen LogP contribution in [0.5, 0.6) is 5.75 Å². The van der Waals surface area contributed by atoms with E-state index in [1.54, 1.807) is 12.1 Å². The average molecular weight is 541 g/mol. The molecule has 210 valence electrons. The Balaban J connectivity index is 1.56. The van der Waals surface area contributed by atoms with Gasteiger partial charge in [0.2, 0.25) is 17.7 Å². The number of carbonyl (C=O) groups is 3. The Kier molecular flexibility index (Phi) is 9.89. The van der Waals surface area contributed by atoms with Crippen LogP contribution < -0.4 is 20.7 Å². The number of nitrogens with zero attached hydrogens (tertiary/aromatic N) is 1. The lowest BCUT2D eigenvalue weighted by atomic mass is 10.0.